The van der Waals surface area contributed by atoms with Crippen molar-refractivity contribution in [2.24, 2.45) is 5.92 Å². The van der Waals surface area contributed by atoms with E-state index in [0.717, 1.165) is 11.3 Å². The second kappa shape index (κ2) is 6.77. The Morgan fingerprint density at radius 3 is 2.65 bits per heavy atom. The summed E-state index contributed by atoms with van der Waals surface area (Å²) in [4.78, 5) is 11.7. The second-order valence-electron chi connectivity index (χ2n) is 4.23. The molecule has 0 saturated heterocycles. The van der Waals surface area contributed by atoms with Crippen molar-refractivity contribution in [3.8, 4) is 0 Å². The van der Waals surface area contributed by atoms with Gasteiger partial charge in [-0.25, -0.2) is 0 Å². The number of halogens is 1. The molecule has 1 atom stereocenters. The Morgan fingerprint density at radius 2 is 2.06 bits per heavy atom. The van der Waals surface area contributed by atoms with E-state index in [1.54, 1.807) is 7.11 Å². The third kappa shape index (κ3) is 4.13. The summed E-state index contributed by atoms with van der Waals surface area (Å²) in [5.74, 6) is 0.230. The fraction of sp³-hybridized carbons (Fsp3) is 0.462. The molecule has 1 amide bonds. The molecule has 3 nitrogen and oxygen atoms in total. The summed E-state index contributed by atoms with van der Waals surface area (Å²) >= 11 is 3.39. The number of amides is 1. The zero-order valence-corrected chi connectivity index (χ0v) is 12.0. The van der Waals surface area contributed by atoms with E-state index in [0.29, 0.717) is 6.61 Å². The average Bonchev–Trinajstić information content (AvgIpc) is 2.30. The molecule has 1 aromatic carbocycles. The van der Waals surface area contributed by atoms with Gasteiger partial charge in [-0.15, -0.1) is 0 Å². The van der Waals surface area contributed by atoms with Crippen molar-refractivity contribution in [3.63, 3.8) is 0 Å². The fourth-order valence-corrected chi connectivity index (χ4v) is 1.54. The van der Waals surface area contributed by atoms with Crippen molar-refractivity contribution in [1.82, 2.24) is 0 Å². The van der Waals surface area contributed by atoms with E-state index in [1.807, 2.05) is 38.1 Å². The smallest absolute Gasteiger partial charge is 0.238 e. The molecule has 0 spiro atoms. The highest BCUT2D eigenvalue weighted by Crippen LogP contribution is 2.19. The lowest BCUT2D eigenvalue weighted by Crippen LogP contribution is -2.27. The van der Waals surface area contributed by atoms with Crippen LogP contribution in [0.5, 0.6) is 0 Å². The molecule has 0 aromatic heterocycles. The quantitative estimate of drug-likeness (QED) is 0.848. The molecule has 0 saturated carbocycles. The van der Waals surface area contributed by atoms with Crippen molar-refractivity contribution in [1.29, 1.82) is 0 Å². The van der Waals surface area contributed by atoms with Crippen LogP contribution < -0.4 is 5.32 Å². The van der Waals surface area contributed by atoms with Crippen LogP contribution in [0, 0.1) is 5.92 Å². The Bertz CT molecular complexity index is 379. The molecule has 1 unspecified atom stereocenters. The molecule has 0 aliphatic rings. The number of anilines is 1. The summed E-state index contributed by atoms with van der Waals surface area (Å²) in [6.07, 6.45) is 0. The predicted molar refractivity (Wildman–Crippen MR) is 73.3 cm³/mol. The molecule has 0 heterocycles. The third-order valence-corrected chi connectivity index (χ3v) is 3.88. The number of rotatable bonds is 5. The van der Waals surface area contributed by atoms with E-state index >= 15 is 0 Å². The summed E-state index contributed by atoms with van der Waals surface area (Å²) in [7, 11) is 1.64. The van der Waals surface area contributed by atoms with E-state index in [9.17, 15) is 4.79 Å². The molecule has 1 aromatic rings. The number of ether oxygens (including phenoxy) is 1. The standard InChI is InChI=1S/C13H18BrNO2/c1-9(2)12(14)13(16)15-11-7-5-4-6-10(11)8-17-3/h4-7,9,12H,8H2,1-3H3,(H,15,16). The van der Waals surface area contributed by atoms with Crippen LogP contribution in [0.25, 0.3) is 0 Å². The SMILES string of the molecule is COCc1ccccc1NC(=O)C(Br)C(C)C. The Balaban J connectivity index is 2.77. The predicted octanol–water partition coefficient (Wildman–Crippen LogP) is 3.19. The van der Waals surface area contributed by atoms with Crippen LogP contribution in [0.2, 0.25) is 0 Å². The maximum Gasteiger partial charge on any atom is 0.238 e. The van der Waals surface area contributed by atoms with Crippen molar-refractivity contribution in [3.05, 3.63) is 29.8 Å². The largest absolute Gasteiger partial charge is 0.380 e. The van der Waals surface area contributed by atoms with Crippen LogP contribution in [0.4, 0.5) is 5.69 Å². The number of nitrogens with one attached hydrogen (secondary N) is 1. The molecular formula is C13H18BrNO2. The summed E-state index contributed by atoms with van der Waals surface area (Å²) in [6, 6.07) is 7.65. The maximum atomic E-state index is 11.9. The average molecular weight is 300 g/mol. The number of methoxy groups -OCH3 is 1. The highest BCUT2D eigenvalue weighted by molar-refractivity contribution is 9.10. The molecule has 1 rings (SSSR count). The van der Waals surface area contributed by atoms with Crippen LogP contribution >= 0.6 is 15.9 Å². The highest BCUT2D eigenvalue weighted by atomic mass is 79.9. The monoisotopic (exact) mass is 299 g/mol. The van der Waals surface area contributed by atoms with Gasteiger partial charge in [0, 0.05) is 18.4 Å². The van der Waals surface area contributed by atoms with Gasteiger partial charge < -0.3 is 10.1 Å². The van der Waals surface area contributed by atoms with Gasteiger partial charge in [-0.05, 0) is 12.0 Å². The van der Waals surface area contributed by atoms with Gasteiger partial charge in [0.05, 0.1) is 11.4 Å². The van der Waals surface area contributed by atoms with E-state index < -0.39 is 0 Å². The first-order valence-electron chi connectivity index (χ1n) is 5.58. The van der Waals surface area contributed by atoms with Gasteiger partial charge in [0.2, 0.25) is 5.91 Å². The molecule has 0 fully saturated rings. The van der Waals surface area contributed by atoms with E-state index in [-0.39, 0.29) is 16.7 Å². The lowest BCUT2D eigenvalue weighted by atomic mass is 10.1. The van der Waals surface area contributed by atoms with Crippen molar-refractivity contribution >= 4 is 27.5 Å². The van der Waals surface area contributed by atoms with Gasteiger partial charge >= 0.3 is 0 Å². The first-order valence-corrected chi connectivity index (χ1v) is 6.49. The van der Waals surface area contributed by atoms with Crippen molar-refractivity contribution in [2.75, 3.05) is 12.4 Å². The Kier molecular flexibility index (Phi) is 5.65. The van der Waals surface area contributed by atoms with E-state index in [1.165, 1.54) is 0 Å². The number of benzene rings is 1. The number of alkyl halides is 1. The van der Waals surface area contributed by atoms with Gasteiger partial charge in [0.15, 0.2) is 0 Å². The van der Waals surface area contributed by atoms with Gasteiger partial charge in [0.25, 0.3) is 0 Å². The van der Waals surface area contributed by atoms with Crippen molar-refractivity contribution in [2.45, 2.75) is 25.3 Å². The molecule has 0 bridgehead atoms. The number of carbonyl (C=O) groups excluding carboxylic acids is 1. The van der Waals surface area contributed by atoms with Crippen LogP contribution in [0.15, 0.2) is 24.3 Å². The molecule has 94 valence electrons. The molecule has 0 aliphatic heterocycles. The summed E-state index contributed by atoms with van der Waals surface area (Å²) in [5.41, 5.74) is 1.79. The van der Waals surface area contributed by atoms with E-state index in [2.05, 4.69) is 21.2 Å². The highest BCUT2D eigenvalue weighted by Gasteiger charge is 2.19. The molecule has 0 aliphatic carbocycles. The number of carbonyl (C=O) groups is 1. The topological polar surface area (TPSA) is 38.3 Å². The third-order valence-electron chi connectivity index (χ3n) is 2.41. The van der Waals surface area contributed by atoms with Gasteiger partial charge in [-0.3, -0.25) is 4.79 Å². The van der Waals surface area contributed by atoms with Gasteiger partial charge in [-0.1, -0.05) is 48.0 Å². The number of hydrogen-bond donors (Lipinski definition) is 1. The van der Waals surface area contributed by atoms with Crippen LogP contribution in [-0.2, 0) is 16.1 Å². The molecule has 17 heavy (non-hydrogen) atoms. The van der Waals surface area contributed by atoms with Crippen LogP contribution in [-0.4, -0.2) is 17.8 Å². The molecule has 1 N–H and O–H groups in total. The minimum Gasteiger partial charge on any atom is -0.380 e. The van der Waals surface area contributed by atoms with Gasteiger partial charge in [0.1, 0.15) is 0 Å². The number of hydrogen-bond acceptors (Lipinski definition) is 2. The molecule has 0 radical (unpaired) electrons. The maximum absolute atomic E-state index is 11.9. The minimum absolute atomic E-state index is 0.0245. The lowest BCUT2D eigenvalue weighted by molar-refractivity contribution is -0.116. The molecular weight excluding hydrogens is 282 g/mol. The van der Waals surface area contributed by atoms with Crippen LogP contribution in [0.3, 0.4) is 0 Å². The fourth-order valence-electron chi connectivity index (χ4n) is 1.43. The minimum atomic E-state index is -0.182. The van der Waals surface area contributed by atoms with E-state index in [4.69, 9.17) is 4.74 Å². The Hall–Kier alpha value is -0.870. The normalized spacial score (nSPS) is 12.5. The number of para-hydroxylation sites is 1. The first kappa shape index (κ1) is 14.2. The second-order valence-corrected chi connectivity index (χ2v) is 5.21. The Labute approximate surface area is 111 Å². The zero-order chi connectivity index (χ0) is 12.8. The summed E-state index contributed by atoms with van der Waals surface area (Å²) in [5, 5.41) is 2.91. The Morgan fingerprint density at radius 1 is 1.41 bits per heavy atom. The van der Waals surface area contributed by atoms with Crippen molar-refractivity contribution < 1.29 is 9.53 Å². The summed E-state index contributed by atoms with van der Waals surface area (Å²) < 4.78 is 5.10. The molecule has 4 heteroatoms. The first-order chi connectivity index (χ1) is 8.06. The zero-order valence-electron chi connectivity index (χ0n) is 10.4. The summed E-state index contributed by atoms with van der Waals surface area (Å²) in [6.45, 7) is 4.49. The van der Waals surface area contributed by atoms with Crippen LogP contribution in [0.1, 0.15) is 19.4 Å². The van der Waals surface area contributed by atoms with Gasteiger partial charge in [-0.2, -0.15) is 0 Å². The lowest BCUT2D eigenvalue weighted by Gasteiger charge is -2.15.